The van der Waals surface area contributed by atoms with Gasteiger partial charge in [0, 0.05) is 31.7 Å². The Labute approximate surface area is 105 Å². The maximum Gasteiger partial charge on any atom is 0.0664 e. The Kier molecular flexibility index (Phi) is 4.45. The summed E-state index contributed by atoms with van der Waals surface area (Å²) in [6, 6.07) is 0.560. The van der Waals surface area contributed by atoms with Crippen molar-refractivity contribution in [2.45, 2.75) is 52.2 Å². The van der Waals surface area contributed by atoms with Crippen LogP contribution >= 0.6 is 0 Å². The largest absolute Gasteiger partial charge is 0.380 e. The summed E-state index contributed by atoms with van der Waals surface area (Å²) in [5.41, 5.74) is 0.256. The zero-order chi connectivity index (χ0) is 12.3. The summed E-state index contributed by atoms with van der Waals surface area (Å²) in [5.74, 6) is 0.664. The molecule has 0 bridgehead atoms. The van der Waals surface area contributed by atoms with E-state index in [9.17, 15) is 0 Å². The molecular formula is C14H27NO2. The highest BCUT2D eigenvalue weighted by Crippen LogP contribution is 2.34. The molecule has 100 valence electrons. The molecule has 0 aliphatic carbocycles. The molecule has 0 aromatic heterocycles. The van der Waals surface area contributed by atoms with Gasteiger partial charge in [0.1, 0.15) is 0 Å². The van der Waals surface area contributed by atoms with Crippen LogP contribution in [0.2, 0.25) is 0 Å². The third-order valence-electron chi connectivity index (χ3n) is 3.90. The molecule has 2 aliphatic rings. The Hall–Kier alpha value is -0.120. The van der Waals surface area contributed by atoms with E-state index in [4.69, 9.17) is 9.47 Å². The quantitative estimate of drug-likeness (QED) is 0.822. The summed E-state index contributed by atoms with van der Waals surface area (Å²) in [6.45, 7) is 10.7. The summed E-state index contributed by atoms with van der Waals surface area (Å²) in [4.78, 5) is 0. The average Bonchev–Trinajstić information content (AvgIpc) is 2.75. The van der Waals surface area contributed by atoms with Gasteiger partial charge in [-0.1, -0.05) is 20.8 Å². The highest BCUT2D eigenvalue weighted by Gasteiger charge is 2.37. The highest BCUT2D eigenvalue weighted by atomic mass is 16.5. The third-order valence-corrected chi connectivity index (χ3v) is 3.90. The summed E-state index contributed by atoms with van der Waals surface area (Å²) in [5, 5.41) is 3.66. The minimum Gasteiger partial charge on any atom is -0.380 e. The van der Waals surface area contributed by atoms with Crippen LogP contribution in [-0.4, -0.2) is 38.5 Å². The van der Waals surface area contributed by atoms with Crippen LogP contribution in [0.4, 0.5) is 0 Å². The number of nitrogens with one attached hydrogen (secondary N) is 1. The SMILES string of the molecule is CC(C)(C)[C@H]1OCC[C@@H]1CNC1CCCOC1. The van der Waals surface area contributed by atoms with Gasteiger partial charge in [0.25, 0.3) is 0 Å². The van der Waals surface area contributed by atoms with Gasteiger partial charge in [0.15, 0.2) is 0 Å². The summed E-state index contributed by atoms with van der Waals surface area (Å²) in [6.07, 6.45) is 4.05. The number of rotatable bonds is 3. The lowest BCUT2D eigenvalue weighted by Crippen LogP contribution is -2.43. The molecule has 0 radical (unpaired) electrons. The predicted octanol–water partition coefficient (Wildman–Crippen LogP) is 2.21. The lowest BCUT2D eigenvalue weighted by atomic mass is 9.81. The molecule has 2 fully saturated rings. The fourth-order valence-electron chi connectivity index (χ4n) is 3.02. The van der Waals surface area contributed by atoms with Gasteiger partial charge in [-0.2, -0.15) is 0 Å². The van der Waals surface area contributed by atoms with Gasteiger partial charge >= 0.3 is 0 Å². The molecule has 0 aromatic carbocycles. The standard InChI is InChI=1S/C14H27NO2/c1-14(2,3)13-11(6-8-17-13)9-15-12-5-4-7-16-10-12/h11-13,15H,4-10H2,1-3H3/t11-,12?,13+/m1/s1. The molecule has 0 spiro atoms. The number of ether oxygens (including phenoxy) is 2. The van der Waals surface area contributed by atoms with Gasteiger partial charge in [0.05, 0.1) is 12.7 Å². The fourth-order valence-corrected chi connectivity index (χ4v) is 3.02. The van der Waals surface area contributed by atoms with Gasteiger partial charge < -0.3 is 14.8 Å². The summed E-state index contributed by atoms with van der Waals surface area (Å²) < 4.78 is 11.4. The maximum absolute atomic E-state index is 5.90. The van der Waals surface area contributed by atoms with Crippen molar-refractivity contribution < 1.29 is 9.47 Å². The molecule has 3 nitrogen and oxygen atoms in total. The predicted molar refractivity (Wildman–Crippen MR) is 69.1 cm³/mol. The molecule has 2 aliphatic heterocycles. The Morgan fingerprint density at radius 3 is 2.65 bits per heavy atom. The molecule has 0 amide bonds. The van der Waals surface area contributed by atoms with Crippen LogP contribution in [0.5, 0.6) is 0 Å². The van der Waals surface area contributed by atoms with E-state index in [1.165, 1.54) is 19.3 Å². The Balaban J connectivity index is 1.77. The highest BCUT2D eigenvalue weighted by molar-refractivity contribution is 4.87. The molecular weight excluding hydrogens is 214 g/mol. The first-order valence-electron chi connectivity index (χ1n) is 7.00. The van der Waals surface area contributed by atoms with Crippen LogP contribution in [0, 0.1) is 11.3 Å². The molecule has 2 saturated heterocycles. The van der Waals surface area contributed by atoms with Gasteiger partial charge in [-0.05, 0) is 24.7 Å². The van der Waals surface area contributed by atoms with Crippen molar-refractivity contribution in [3.05, 3.63) is 0 Å². The van der Waals surface area contributed by atoms with Crippen molar-refractivity contribution in [1.29, 1.82) is 0 Å². The van der Waals surface area contributed by atoms with Crippen molar-refractivity contribution >= 4 is 0 Å². The molecule has 1 unspecified atom stereocenters. The lowest BCUT2D eigenvalue weighted by molar-refractivity contribution is 0.00469. The maximum atomic E-state index is 5.90. The smallest absolute Gasteiger partial charge is 0.0664 e. The third kappa shape index (κ3) is 3.67. The topological polar surface area (TPSA) is 30.5 Å². The van der Waals surface area contributed by atoms with E-state index < -0.39 is 0 Å². The Bertz CT molecular complexity index is 231. The van der Waals surface area contributed by atoms with Crippen LogP contribution < -0.4 is 5.32 Å². The van der Waals surface area contributed by atoms with Gasteiger partial charge in [-0.15, -0.1) is 0 Å². The molecule has 3 atom stereocenters. The normalized spacial score (nSPS) is 35.1. The minimum atomic E-state index is 0.256. The van der Waals surface area contributed by atoms with Crippen molar-refractivity contribution in [3.8, 4) is 0 Å². The van der Waals surface area contributed by atoms with Crippen molar-refractivity contribution in [2.75, 3.05) is 26.4 Å². The van der Waals surface area contributed by atoms with Crippen molar-refractivity contribution in [1.82, 2.24) is 5.32 Å². The first-order valence-corrected chi connectivity index (χ1v) is 7.00. The fraction of sp³-hybridized carbons (Fsp3) is 1.00. The average molecular weight is 241 g/mol. The van der Waals surface area contributed by atoms with Gasteiger partial charge in [-0.3, -0.25) is 0 Å². The Morgan fingerprint density at radius 2 is 2.00 bits per heavy atom. The minimum absolute atomic E-state index is 0.256. The van der Waals surface area contributed by atoms with E-state index in [2.05, 4.69) is 26.1 Å². The van der Waals surface area contributed by atoms with E-state index >= 15 is 0 Å². The molecule has 0 saturated carbocycles. The first kappa shape index (κ1) is 13.3. The van der Waals surface area contributed by atoms with Crippen LogP contribution in [0.3, 0.4) is 0 Å². The second-order valence-corrected chi connectivity index (χ2v) is 6.53. The van der Waals surface area contributed by atoms with E-state index in [0.29, 0.717) is 18.1 Å². The molecule has 2 heterocycles. The summed E-state index contributed by atoms with van der Waals surface area (Å²) in [7, 11) is 0. The summed E-state index contributed by atoms with van der Waals surface area (Å²) >= 11 is 0. The zero-order valence-corrected chi connectivity index (χ0v) is 11.5. The number of hydrogen-bond acceptors (Lipinski definition) is 3. The van der Waals surface area contributed by atoms with Crippen molar-refractivity contribution in [3.63, 3.8) is 0 Å². The second kappa shape index (κ2) is 5.68. The van der Waals surface area contributed by atoms with E-state index in [-0.39, 0.29) is 5.41 Å². The molecule has 3 heteroatoms. The van der Waals surface area contributed by atoms with Crippen LogP contribution in [0.1, 0.15) is 40.0 Å². The number of hydrogen-bond donors (Lipinski definition) is 1. The Morgan fingerprint density at radius 1 is 1.18 bits per heavy atom. The molecule has 2 rings (SSSR count). The molecule has 17 heavy (non-hydrogen) atoms. The van der Waals surface area contributed by atoms with Crippen molar-refractivity contribution in [2.24, 2.45) is 11.3 Å². The molecule has 1 N–H and O–H groups in total. The van der Waals surface area contributed by atoms with Crippen LogP contribution in [0.15, 0.2) is 0 Å². The van der Waals surface area contributed by atoms with E-state index in [1.54, 1.807) is 0 Å². The first-order chi connectivity index (χ1) is 8.07. The second-order valence-electron chi connectivity index (χ2n) is 6.53. The van der Waals surface area contributed by atoms with E-state index in [1.807, 2.05) is 0 Å². The zero-order valence-electron chi connectivity index (χ0n) is 11.5. The van der Waals surface area contributed by atoms with Crippen LogP contribution in [0.25, 0.3) is 0 Å². The van der Waals surface area contributed by atoms with E-state index in [0.717, 1.165) is 26.4 Å². The lowest BCUT2D eigenvalue weighted by Gasteiger charge is -2.32. The molecule has 0 aromatic rings. The van der Waals surface area contributed by atoms with Crippen LogP contribution in [-0.2, 0) is 9.47 Å². The monoisotopic (exact) mass is 241 g/mol. The van der Waals surface area contributed by atoms with Gasteiger partial charge in [-0.25, -0.2) is 0 Å². The van der Waals surface area contributed by atoms with Gasteiger partial charge in [0.2, 0.25) is 0 Å².